The number of benzene rings is 3. The summed E-state index contributed by atoms with van der Waals surface area (Å²) in [5.74, 6) is 0.770. The molecular weight excluding hydrogens is 368 g/mol. The normalized spacial score (nSPS) is 12.1. The molecule has 0 saturated heterocycles. The lowest BCUT2D eigenvalue weighted by Gasteiger charge is -2.22. The number of aliphatic hydroxyl groups is 1. The average Bonchev–Trinajstić information content (AvgIpc) is 2.70. The Labute approximate surface area is 171 Å². The maximum atomic E-state index is 10.3. The second kappa shape index (κ2) is 10.2. The van der Waals surface area contributed by atoms with Crippen molar-refractivity contribution in [3.8, 4) is 5.75 Å². The summed E-state index contributed by atoms with van der Waals surface area (Å²) >= 11 is 1.67. The Bertz CT molecular complexity index is 873. The average molecular weight is 395 g/mol. The van der Waals surface area contributed by atoms with Crippen LogP contribution in [0.5, 0.6) is 5.75 Å². The zero-order chi connectivity index (χ0) is 19.8. The number of ether oxygens (including phenoxy) is 1. The van der Waals surface area contributed by atoms with E-state index in [-0.39, 0.29) is 6.61 Å². The van der Waals surface area contributed by atoms with Gasteiger partial charge in [-0.2, -0.15) is 0 Å². The van der Waals surface area contributed by atoms with Gasteiger partial charge in [-0.15, -0.1) is 0 Å². The minimum absolute atomic E-state index is 0.269. The Hall–Kier alpha value is -2.47. The van der Waals surface area contributed by atoms with Crippen LogP contribution in [-0.4, -0.2) is 36.3 Å². The Morgan fingerprint density at radius 3 is 2.32 bits per heavy atom. The number of hydrogen-bond acceptors (Lipinski definition) is 5. The molecule has 0 amide bonds. The van der Waals surface area contributed by atoms with Crippen molar-refractivity contribution in [3.63, 3.8) is 0 Å². The Morgan fingerprint density at radius 2 is 1.57 bits per heavy atom. The third-order valence-electron chi connectivity index (χ3n) is 4.26. The number of nitrogens with two attached hydrogens (primary N) is 1. The standard InChI is InChI=1S/C23H26N2O2S/c1-25(16-19(26)17-27-20-10-3-2-4-11-20)15-18-9-5-7-13-22(18)28-23-14-8-6-12-21(23)24/h2-14,19,26H,15-17,24H2,1H3. The zero-order valence-corrected chi connectivity index (χ0v) is 16.8. The van der Waals surface area contributed by atoms with Gasteiger partial charge in [0.2, 0.25) is 0 Å². The number of rotatable bonds is 9. The van der Waals surface area contributed by atoms with Gasteiger partial charge in [0.1, 0.15) is 18.5 Å². The van der Waals surface area contributed by atoms with Crippen LogP contribution in [0.3, 0.4) is 0 Å². The van der Waals surface area contributed by atoms with Gasteiger partial charge < -0.3 is 15.6 Å². The van der Waals surface area contributed by atoms with E-state index in [0.717, 1.165) is 22.9 Å². The molecule has 1 atom stereocenters. The lowest BCUT2D eigenvalue weighted by Crippen LogP contribution is -2.32. The Balaban J connectivity index is 1.56. The Morgan fingerprint density at radius 1 is 0.929 bits per heavy atom. The molecule has 3 aromatic carbocycles. The lowest BCUT2D eigenvalue weighted by atomic mass is 10.2. The lowest BCUT2D eigenvalue weighted by molar-refractivity contribution is 0.0742. The molecule has 0 spiro atoms. The van der Waals surface area contributed by atoms with Crippen LogP contribution in [0, 0.1) is 0 Å². The summed E-state index contributed by atoms with van der Waals surface area (Å²) in [6.45, 7) is 1.53. The first kappa shape index (κ1) is 20.3. The summed E-state index contributed by atoms with van der Waals surface area (Å²) in [4.78, 5) is 4.32. The maximum Gasteiger partial charge on any atom is 0.119 e. The smallest absolute Gasteiger partial charge is 0.119 e. The summed E-state index contributed by atoms with van der Waals surface area (Å²) in [5, 5.41) is 10.3. The minimum atomic E-state index is -0.560. The summed E-state index contributed by atoms with van der Waals surface area (Å²) in [6, 6.07) is 25.7. The van der Waals surface area contributed by atoms with Crippen LogP contribution < -0.4 is 10.5 Å². The summed E-state index contributed by atoms with van der Waals surface area (Å²) in [7, 11) is 2.00. The molecule has 146 valence electrons. The van der Waals surface area contributed by atoms with E-state index in [1.165, 1.54) is 10.5 Å². The first-order chi connectivity index (χ1) is 13.6. The molecule has 0 bridgehead atoms. The number of anilines is 1. The van der Waals surface area contributed by atoms with Crippen LogP contribution in [0.2, 0.25) is 0 Å². The van der Waals surface area contributed by atoms with E-state index in [9.17, 15) is 5.11 Å². The van der Waals surface area contributed by atoms with Crippen molar-refractivity contribution in [3.05, 3.63) is 84.4 Å². The minimum Gasteiger partial charge on any atom is -0.491 e. The van der Waals surface area contributed by atoms with Crippen LogP contribution in [0.15, 0.2) is 88.7 Å². The van der Waals surface area contributed by atoms with E-state index in [2.05, 4.69) is 17.0 Å². The first-order valence-electron chi connectivity index (χ1n) is 9.26. The fourth-order valence-corrected chi connectivity index (χ4v) is 3.88. The molecule has 0 aliphatic heterocycles. The molecule has 0 fully saturated rings. The van der Waals surface area contributed by atoms with Gasteiger partial charge in [0.25, 0.3) is 0 Å². The number of hydrogen-bond donors (Lipinski definition) is 2. The van der Waals surface area contributed by atoms with E-state index in [1.54, 1.807) is 11.8 Å². The molecule has 1 unspecified atom stereocenters. The molecule has 3 aromatic rings. The maximum absolute atomic E-state index is 10.3. The van der Waals surface area contributed by atoms with Gasteiger partial charge in [-0.05, 0) is 42.9 Å². The zero-order valence-electron chi connectivity index (χ0n) is 16.0. The SMILES string of the molecule is CN(Cc1ccccc1Sc1ccccc1N)CC(O)COc1ccccc1. The highest BCUT2D eigenvalue weighted by Crippen LogP contribution is 2.34. The van der Waals surface area contributed by atoms with E-state index in [4.69, 9.17) is 10.5 Å². The van der Waals surface area contributed by atoms with Crippen molar-refractivity contribution in [1.29, 1.82) is 0 Å². The summed E-state index contributed by atoms with van der Waals surface area (Å²) < 4.78 is 5.64. The largest absolute Gasteiger partial charge is 0.491 e. The molecular formula is C23H26N2O2S. The van der Waals surface area contributed by atoms with Crippen molar-refractivity contribution in [2.45, 2.75) is 22.4 Å². The molecule has 28 heavy (non-hydrogen) atoms. The van der Waals surface area contributed by atoms with Crippen molar-refractivity contribution in [2.24, 2.45) is 0 Å². The topological polar surface area (TPSA) is 58.7 Å². The van der Waals surface area contributed by atoms with E-state index in [0.29, 0.717) is 6.54 Å². The molecule has 0 aliphatic rings. The van der Waals surface area contributed by atoms with E-state index >= 15 is 0 Å². The van der Waals surface area contributed by atoms with Gasteiger partial charge in [0, 0.05) is 28.6 Å². The summed E-state index contributed by atoms with van der Waals surface area (Å²) in [6.07, 6.45) is -0.560. The van der Waals surface area contributed by atoms with Crippen LogP contribution in [0.4, 0.5) is 5.69 Å². The molecule has 0 radical (unpaired) electrons. The van der Waals surface area contributed by atoms with Gasteiger partial charge in [0.05, 0.1) is 0 Å². The second-order valence-electron chi connectivity index (χ2n) is 6.72. The predicted octanol–water partition coefficient (Wildman–Crippen LogP) is 4.29. The molecule has 3 N–H and O–H groups in total. The van der Waals surface area contributed by atoms with Crippen molar-refractivity contribution >= 4 is 17.4 Å². The number of nitrogens with zero attached hydrogens (tertiary/aromatic N) is 1. The molecule has 5 heteroatoms. The quantitative estimate of drug-likeness (QED) is 0.530. The molecule has 0 aliphatic carbocycles. The van der Waals surface area contributed by atoms with Gasteiger partial charge >= 0.3 is 0 Å². The van der Waals surface area contributed by atoms with Crippen molar-refractivity contribution < 1.29 is 9.84 Å². The molecule has 0 saturated carbocycles. The van der Waals surface area contributed by atoms with Crippen LogP contribution >= 0.6 is 11.8 Å². The highest BCUT2D eigenvalue weighted by Gasteiger charge is 2.12. The third-order valence-corrected chi connectivity index (χ3v) is 5.47. The number of aliphatic hydroxyl groups excluding tert-OH is 1. The number of para-hydroxylation sites is 2. The number of nitrogen functional groups attached to an aromatic ring is 1. The summed E-state index contributed by atoms with van der Waals surface area (Å²) in [5.41, 5.74) is 8.07. The highest BCUT2D eigenvalue weighted by atomic mass is 32.2. The van der Waals surface area contributed by atoms with Crippen molar-refractivity contribution in [2.75, 3.05) is 25.9 Å². The fourth-order valence-electron chi connectivity index (χ4n) is 2.90. The fraction of sp³-hybridized carbons (Fsp3) is 0.217. The van der Waals surface area contributed by atoms with Gasteiger partial charge in [0.15, 0.2) is 0 Å². The van der Waals surface area contributed by atoms with E-state index in [1.807, 2.05) is 73.8 Å². The second-order valence-corrected chi connectivity index (χ2v) is 7.81. The molecule has 4 nitrogen and oxygen atoms in total. The monoisotopic (exact) mass is 394 g/mol. The van der Waals surface area contributed by atoms with E-state index < -0.39 is 6.10 Å². The van der Waals surface area contributed by atoms with Gasteiger partial charge in [-0.1, -0.05) is 60.3 Å². The number of likely N-dealkylation sites (N-methyl/N-ethyl adjacent to an activating group) is 1. The van der Waals surface area contributed by atoms with Crippen molar-refractivity contribution in [1.82, 2.24) is 4.90 Å². The third kappa shape index (κ3) is 6.02. The first-order valence-corrected chi connectivity index (χ1v) is 10.1. The van der Waals surface area contributed by atoms with Crippen LogP contribution in [0.1, 0.15) is 5.56 Å². The van der Waals surface area contributed by atoms with Gasteiger partial charge in [-0.25, -0.2) is 0 Å². The highest BCUT2D eigenvalue weighted by molar-refractivity contribution is 7.99. The molecule has 3 rings (SSSR count). The molecule has 0 heterocycles. The van der Waals surface area contributed by atoms with Crippen LogP contribution in [-0.2, 0) is 6.54 Å². The van der Waals surface area contributed by atoms with Crippen LogP contribution in [0.25, 0.3) is 0 Å². The molecule has 0 aromatic heterocycles. The Kier molecular flexibility index (Phi) is 7.37. The van der Waals surface area contributed by atoms with Gasteiger partial charge in [-0.3, -0.25) is 4.90 Å². The predicted molar refractivity (Wildman–Crippen MR) is 116 cm³/mol.